The van der Waals surface area contributed by atoms with Crippen LogP contribution < -0.4 is 26.6 Å². The maximum Gasteiger partial charge on any atom is 0.224 e. The van der Waals surface area contributed by atoms with Gasteiger partial charge in [-0.25, -0.2) is 19.9 Å². The molecular weight excluding hydrogens is 1930 g/mol. The lowest BCUT2D eigenvalue weighted by Gasteiger charge is -2.26. The summed E-state index contributed by atoms with van der Waals surface area (Å²) in [6.45, 7) is 42.3. The maximum absolute atomic E-state index is 13.6. The summed E-state index contributed by atoms with van der Waals surface area (Å²) in [6, 6.07) is 24.8. The molecule has 4 heterocycles. The lowest BCUT2D eigenvalue weighted by Crippen LogP contribution is -2.44. The van der Waals surface area contributed by atoms with E-state index in [-0.39, 0.29) is 144 Å². The van der Waals surface area contributed by atoms with Crippen molar-refractivity contribution in [1.82, 2.24) is 66.1 Å². The van der Waals surface area contributed by atoms with Gasteiger partial charge in [-0.15, -0.1) is 45.3 Å². The number of benzene rings is 4. The molecule has 25 nitrogen and oxygen atoms in total. The zero-order valence-corrected chi connectivity index (χ0v) is 97.8. The monoisotopic (exact) mass is 2110 g/mol. The van der Waals surface area contributed by atoms with Gasteiger partial charge in [0.05, 0.1) is 84.6 Å². The number of amides is 5. The van der Waals surface area contributed by atoms with Crippen LogP contribution in [0.1, 0.15) is 320 Å². The van der Waals surface area contributed by atoms with E-state index in [2.05, 4.69) is 186 Å². The van der Waals surface area contributed by atoms with Crippen LogP contribution >= 0.6 is 45.3 Å². The first-order valence-electron chi connectivity index (χ1n) is 54.0. The number of nitrogens with one attached hydrogen (secondary N) is 5. The van der Waals surface area contributed by atoms with Gasteiger partial charge in [-0.2, -0.15) is 0 Å². The van der Waals surface area contributed by atoms with Gasteiger partial charge in [0.15, 0.2) is 23.1 Å². The van der Waals surface area contributed by atoms with Crippen molar-refractivity contribution in [3.63, 3.8) is 0 Å². The zero-order valence-electron chi connectivity index (χ0n) is 94.5. The van der Waals surface area contributed by atoms with Crippen molar-refractivity contribution in [3.05, 3.63) is 164 Å². The molecule has 0 aliphatic heterocycles. The average Bonchev–Trinajstić information content (AvgIpc) is 1.69. The van der Waals surface area contributed by atoms with Gasteiger partial charge in [-0.05, 0) is 238 Å². The predicted molar refractivity (Wildman–Crippen MR) is 615 cm³/mol. The van der Waals surface area contributed by atoms with Gasteiger partial charge in [0.1, 0.15) is 17.3 Å². The number of rotatable bonds is 63. The van der Waals surface area contributed by atoms with Crippen molar-refractivity contribution in [3.8, 4) is 0 Å². The Bertz CT molecular complexity index is 5490. The molecule has 4 aromatic heterocycles. The Morgan fingerprint density at radius 1 is 0.324 bits per heavy atom. The highest BCUT2D eigenvalue weighted by Gasteiger charge is 2.34. The van der Waals surface area contributed by atoms with Crippen LogP contribution in [-0.2, 0) is 83.2 Å². The number of Topliss-reactive ketones (excluding diaryl/α,β-unsaturated/α-hetero) is 3. The average molecular weight is 2110 g/mol. The molecule has 0 radical (unpaired) electrons. The molecule has 12 atom stereocenters. The second kappa shape index (κ2) is 67.5. The van der Waals surface area contributed by atoms with Gasteiger partial charge in [-0.1, -0.05) is 199 Å². The van der Waals surface area contributed by atoms with Crippen LogP contribution in [0.4, 0.5) is 0 Å². The molecule has 0 aliphatic rings. The first-order valence-corrected chi connectivity index (χ1v) is 57.3. The van der Waals surface area contributed by atoms with Crippen LogP contribution in [0.2, 0.25) is 0 Å². The van der Waals surface area contributed by atoms with E-state index in [4.69, 9.17) is 19.9 Å². The van der Waals surface area contributed by atoms with Crippen LogP contribution in [0.25, 0.3) is 40.9 Å². The van der Waals surface area contributed by atoms with E-state index in [0.29, 0.717) is 127 Å². The minimum absolute atomic E-state index is 0.0142. The molecule has 0 saturated carbocycles. The third kappa shape index (κ3) is 47.4. The van der Waals surface area contributed by atoms with E-state index in [1.807, 2.05) is 138 Å². The topological polar surface area (TPSA) is 330 Å². The summed E-state index contributed by atoms with van der Waals surface area (Å²) in [4.78, 5) is 180. The van der Waals surface area contributed by atoms with Gasteiger partial charge in [-0.3, -0.25) is 52.7 Å². The molecule has 8 aromatic rings. The molecule has 0 fully saturated rings. The second-order valence-corrected chi connectivity index (χ2v) is 47.1. The molecule has 4 aromatic carbocycles. The molecule has 0 bridgehead atoms. The van der Waals surface area contributed by atoms with E-state index < -0.39 is 23.7 Å². The van der Waals surface area contributed by atoms with Gasteiger partial charge >= 0.3 is 0 Å². The summed E-state index contributed by atoms with van der Waals surface area (Å²) in [6.07, 6.45) is 25.4. The number of carbonyl (C=O) groups is 12. The number of nitrogens with zero attached hydrogens (tertiary/aromatic N) is 8. The van der Waals surface area contributed by atoms with E-state index in [1.54, 1.807) is 76.7 Å². The summed E-state index contributed by atoms with van der Waals surface area (Å²) >= 11 is 6.40. The highest BCUT2D eigenvalue weighted by Crippen LogP contribution is 2.35. The third-order valence-electron chi connectivity index (χ3n) is 27.3. The number of likely N-dealkylation sites (N-methyl/N-ethyl adjacent to an activating group) is 4. The summed E-state index contributed by atoms with van der Waals surface area (Å²) in [7, 11) is 17.2. The fraction of sp³-hybridized carbons (Fsp3) is 0.597. The standard InChI is InChI=1S/C31H47N3O3S.C30H45N3O3S.C29H44N4O3S.C29H43N3O3S/c1-8-11-26(36)18-24(20-30-32-28-15-13-23(21(3)4)19-29(28)38-30)31(37)33-27(22(5)9-2)16-14-25(35)12-10-17-34(6)7;1-8-21(5)26(15-13-25(35)11-10-16-33(6)7)32-30(36)23(17-24(34)9-2)19-29-31-27-14-12-22(20(3)4)18-28(27)37-29;1-8-20(4)24(14-12-23(34)10-9-15-33(6)7)32-29(36)22(17-27(35)30-5)18-28-31-25-13-11-21(19(2)3)16-26(25)37-28;1-8-20(4)25(14-12-24(34)10-9-15-32(6)7)31-29(35)23(16-21(5)33)18-28-30-26-13-11-22(19(2)3)17-27(26)36-28/h10,12-13,15,19,21-22,24,27H,8-9,11,14,16-18,20H2,1-7H3,(H,33,37);10-12,14,18,20-21,23,26H,8-9,13,15-17,19H2,1-7H3,(H,32,36);9-11,13,16,19-20,22,24H,8,12,14-15,17-18H2,1-7H3,(H,30,35)(H,32,36);9-11,13,17,19-20,23,25H,8,12,14-16,18H2,1-7H3,(H,31,35)/b12-10+;11-10+;2*10-9+/t22-,24-,27+;21-,23-,26+;20-,22-,24+;20-,23-,25+/m0000/s1. The zero-order chi connectivity index (χ0) is 110. The van der Waals surface area contributed by atoms with Crippen molar-refractivity contribution in [2.75, 3.05) is 89.6 Å². The van der Waals surface area contributed by atoms with E-state index in [1.165, 1.54) is 29.2 Å². The van der Waals surface area contributed by atoms with Crippen LogP contribution in [0.3, 0.4) is 0 Å². The first kappa shape index (κ1) is 129. The van der Waals surface area contributed by atoms with E-state index in [9.17, 15) is 57.5 Å². The summed E-state index contributed by atoms with van der Waals surface area (Å²) < 4.78 is 4.43. The number of carbonyl (C=O) groups excluding carboxylic acids is 12. The van der Waals surface area contributed by atoms with Gasteiger partial charge < -0.3 is 51.0 Å². The Hall–Kier alpha value is -9.72. The Balaban J connectivity index is 0.000000347. The number of aromatic nitrogens is 4. The maximum atomic E-state index is 13.6. The molecule has 0 aliphatic carbocycles. The number of fused-ring (bicyclic) bond motifs is 4. The number of hydrogen-bond donors (Lipinski definition) is 5. The highest BCUT2D eigenvalue weighted by atomic mass is 32.1. The number of hydrogen-bond acceptors (Lipinski definition) is 24. The minimum atomic E-state index is -0.535. The lowest BCUT2D eigenvalue weighted by atomic mass is 9.91. The minimum Gasteiger partial charge on any atom is -0.359 e. The molecule has 0 unspecified atom stereocenters. The molecule has 0 spiro atoms. The summed E-state index contributed by atoms with van der Waals surface area (Å²) in [5.74, 6) is 0.376. The van der Waals surface area contributed by atoms with Crippen LogP contribution in [0.5, 0.6) is 0 Å². The van der Waals surface area contributed by atoms with Crippen molar-refractivity contribution in [2.24, 2.45) is 47.3 Å². The molecule has 0 saturated heterocycles. The summed E-state index contributed by atoms with van der Waals surface area (Å²) in [5.41, 5.74) is 8.77. The number of allylic oxidation sites excluding steroid dienone is 4. The Morgan fingerprint density at radius 3 is 0.770 bits per heavy atom. The highest BCUT2D eigenvalue weighted by molar-refractivity contribution is 7.19. The molecule has 5 amide bonds. The molecular formula is C119H179N13O12S4. The van der Waals surface area contributed by atoms with E-state index >= 15 is 0 Å². The van der Waals surface area contributed by atoms with Crippen LogP contribution in [0.15, 0.2) is 121 Å². The van der Waals surface area contributed by atoms with Crippen molar-refractivity contribution < 1.29 is 57.5 Å². The third-order valence-corrected chi connectivity index (χ3v) is 31.5. The SMILES string of the molecule is CCC(=O)C[C@@H](Cc1nc2ccc(C(C)C)cc2s1)C(=O)N[C@H](CCC(=O)/C=C/CN(C)C)[C@@H](C)CC.CCCC(=O)C[C@@H](Cc1nc2ccc(C(C)C)cc2s1)C(=O)N[C@H](CCC(=O)/C=C/CN(C)C)[C@@H](C)CC.CC[C@H](C)[C@@H](CCC(=O)/C=C/CN(C)C)NC(=O)[C@@H](CC(=O)NC)Cc1nc2ccc(C(C)C)cc2s1.CC[C@H](C)[C@@H](CCC(=O)/C=C/CN(C)C)NC(=O)[C@@H](CC(C)=O)Cc1nc2ccc(C(C)C)cc2s1. The molecule has 5 N–H and O–H groups in total. The quantitative estimate of drug-likeness (QED) is 0.0221. The summed E-state index contributed by atoms with van der Waals surface area (Å²) in [5, 5.41) is 18.9. The van der Waals surface area contributed by atoms with Gasteiger partial charge in [0, 0.05) is 147 Å². The van der Waals surface area contributed by atoms with Crippen molar-refractivity contribution in [1.29, 1.82) is 0 Å². The fourth-order valence-electron chi connectivity index (χ4n) is 16.8. The van der Waals surface area contributed by atoms with Crippen molar-refractivity contribution in [2.45, 2.75) is 327 Å². The fourth-order valence-corrected chi connectivity index (χ4v) is 21.2. The van der Waals surface area contributed by atoms with Gasteiger partial charge in [0.2, 0.25) is 29.5 Å². The molecule has 8 rings (SSSR count). The predicted octanol–water partition coefficient (Wildman–Crippen LogP) is 22.5. The van der Waals surface area contributed by atoms with Crippen LogP contribution in [-0.4, -0.2) is 223 Å². The number of thiazole rings is 4. The molecule has 816 valence electrons. The van der Waals surface area contributed by atoms with Gasteiger partial charge in [0.25, 0.3) is 0 Å². The normalized spacial score (nSPS) is 14.4. The Morgan fingerprint density at radius 2 is 0.561 bits per heavy atom. The largest absolute Gasteiger partial charge is 0.359 e. The smallest absolute Gasteiger partial charge is 0.224 e. The molecule has 148 heavy (non-hydrogen) atoms. The first-order chi connectivity index (χ1) is 70.1. The number of ketones is 7. The van der Waals surface area contributed by atoms with Crippen LogP contribution in [0, 0.1) is 47.3 Å². The molecule has 29 heteroatoms. The Kier molecular flexibility index (Phi) is 58.8. The van der Waals surface area contributed by atoms with Crippen molar-refractivity contribution >= 4 is 156 Å². The lowest BCUT2D eigenvalue weighted by molar-refractivity contribution is -0.131. The second-order valence-electron chi connectivity index (χ2n) is 42.6. The van der Waals surface area contributed by atoms with E-state index in [0.717, 1.165) is 106 Å². The Labute approximate surface area is 901 Å².